The molecule has 0 fully saturated rings. The summed E-state index contributed by atoms with van der Waals surface area (Å²) in [4.78, 5) is 0. The average molecular weight is 175 g/mol. The minimum atomic E-state index is 0.690. The molecule has 0 aromatic heterocycles. The van der Waals surface area contributed by atoms with E-state index in [4.69, 9.17) is 5.21 Å². The Morgan fingerprint density at radius 2 is 2.08 bits per heavy atom. The zero-order chi connectivity index (χ0) is 9.26. The van der Waals surface area contributed by atoms with Crippen molar-refractivity contribution < 1.29 is 5.21 Å². The molecule has 2 rings (SSSR count). The van der Waals surface area contributed by atoms with Gasteiger partial charge in [-0.05, 0) is 48.9 Å². The highest BCUT2D eigenvalue weighted by molar-refractivity contribution is 5.98. The van der Waals surface area contributed by atoms with Gasteiger partial charge in [-0.2, -0.15) is 0 Å². The van der Waals surface area contributed by atoms with Gasteiger partial charge in [-0.25, -0.2) is 0 Å². The lowest BCUT2D eigenvalue weighted by Crippen LogP contribution is -1.95. The van der Waals surface area contributed by atoms with Gasteiger partial charge < -0.3 is 5.21 Å². The van der Waals surface area contributed by atoms with E-state index in [1.54, 1.807) is 0 Å². The van der Waals surface area contributed by atoms with Gasteiger partial charge in [-0.3, -0.25) is 0 Å². The molecule has 1 N–H and O–H groups in total. The van der Waals surface area contributed by atoms with E-state index in [0.717, 1.165) is 5.56 Å². The smallest absolute Gasteiger partial charge is 0.0837 e. The van der Waals surface area contributed by atoms with E-state index in [-0.39, 0.29) is 0 Å². The summed E-state index contributed by atoms with van der Waals surface area (Å²) in [5, 5.41) is 11.8. The van der Waals surface area contributed by atoms with Crippen LogP contribution in [0.4, 0.5) is 0 Å². The van der Waals surface area contributed by atoms with Crippen LogP contribution in [0.5, 0.6) is 0 Å². The second-order valence-electron chi connectivity index (χ2n) is 3.52. The molecule has 0 unspecified atom stereocenters. The van der Waals surface area contributed by atoms with Gasteiger partial charge in [0.15, 0.2) is 0 Å². The fourth-order valence-corrected chi connectivity index (χ4v) is 1.85. The summed E-state index contributed by atoms with van der Waals surface area (Å²) >= 11 is 0. The van der Waals surface area contributed by atoms with Crippen molar-refractivity contribution in [3.05, 3.63) is 34.9 Å². The normalized spacial score (nSPS) is 15.9. The van der Waals surface area contributed by atoms with Gasteiger partial charge in [-0.15, -0.1) is 0 Å². The van der Waals surface area contributed by atoms with Crippen LogP contribution in [0.2, 0.25) is 0 Å². The van der Waals surface area contributed by atoms with E-state index in [0.29, 0.717) is 5.71 Å². The second-order valence-corrected chi connectivity index (χ2v) is 3.52. The highest BCUT2D eigenvalue weighted by Gasteiger charge is 2.11. The lowest BCUT2D eigenvalue weighted by molar-refractivity contribution is 0.319. The summed E-state index contributed by atoms with van der Waals surface area (Å²) in [6.07, 6.45) is 3.63. The number of hydrogen-bond acceptors (Lipinski definition) is 2. The van der Waals surface area contributed by atoms with Crippen LogP contribution in [0.3, 0.4) is 0 Å². The number of oxime groups is 1. The van der Waals surface area contributed by atoms with Crippen molar-refractivity contribution >= 4 is 5.71 Å². The molecule has 0 saturated carbocycles. The first-order valence-electron chi connectivity index (χ1n) is 4.62. The van der Waals surface area contributed by atoms with E-state index in [1.165, 1.54) is 30.4 Å². The minimum Gasteiger partial charge on any atom is -0.411 e. The minimum absolute atomic E-state index is 0.690. The van der Waals surface area contributed by atoms with Crippen LogP contribution in [0.1, 0.15) is 30.0 Å². The number of nitrogens with zero attached hydrogens (tertiary/aromatic N) is 1. The molecule has 0 saturated heterocycles. The summed E-state index contributed by atoms with van der Waals surface area (Å²) in [5.74, 6) is 0. The molecule has 0 amide bonds. The topological polar surface area (TPSA) is 32.6 Å². The molecule has 0 bridgehead atoms. The van der Waals surface area contributed by atoms with Gasteiger partial charge in [0.2, 0.25) is 0 Å². The van der Waals surface area contributed by atoms with Crippen LogP contribution >= 0.6 is 0 Å². The standard InChI is InChI=1S/C11H13NO/c1-8(12-13)10-6-5-9-3-2-4-11(9)7-10/h5-7,13H,2-4H2,1H3/b12-8-. The Hall–Kier alpha value is -1.31. The zero-order valence-corrected chi connectivity index (χ0v) is 7.75. The Morgan fingerprint density at radius 1 is 1.31 bits per heavy atom. The van der Waals surface area contributed by atoms with Crippen molar-refractivity contribution in [1.29, 1.82) is 0 Å². The van der Waals surface area contributed by atoms with Crippen LogP contribution in [0.15, 0.2) is 23.4 Å². The summed E-state index contributed by atoms with van der Waals surface area (Å²) in [5.41, 5.74) is 4.59. The molecule has 2 nitrogen and oxygen atoms in total. The van der Waals surface area contributed by atoms with Crippen molar-refractivity contribution in [2.45, 2.75) is 26.2 Å². The molecular formula is C11H13NO. The fourth-order valence-electron chi connectivity index (χ4n) is 1.85. The highest BCUT2D eigenvalue weighted by Crippen LogP contribution is 2.22. The molecule has 2 heteroatoms. The number of rotatable bonds is 1. The Kier molecular flexibility index (Phi) is 2.05. The number of aryl methyl sites for hydroxylation is 2. The summed E-state index contributed by atoms with van der Waals surface area (Å²) in [6.45, 7) is 1.82. The molecule has 1 aliphatic rings. The van der Waals surface area contributed by atoms with E-state index in [1.807, 2.05) is 13.0 Å². The third-order valence-corrected chi connectivity index (χ3v) is 2.67. The van der Waals surface area contributed by atoms with E-state index < -0.39 is 0 Å². The second kappa shape index (κ2) is 3.21. The molecular weight excluding hydrogens is 162 g/mol. The monoisotopic (exact) mass is 175 g/mol. The molecule has 1 aromatic carbocycles. The van der Waals surface area contributed by atoms with Crippen molar-refractivity contribution in [3.8, 4) is 0 Å². The lowest BCUT2D eigenvalue weighted by Gasteiger charge is -2.02. The van der Waals surface area contributed by atoms with Crippen molar-refractivity contribution in [3.63, 3.8) is 0 Å². The molecule has 0 radical (unpaired) electrons. The van der Waals surface area contributed by atoms with Gasteiger partial charge in [-0.1, -0.05) is 17.3 Å². The molecule has 13 heavy (non-hydrogen) atoms. The Morgan fingerprint density at radius 3 is 2.85 bits per heavy atom. The zero-order valence-electron chi connectivity index (χ0n) is 7.75. The first kappa shape index (κ1) is 8.30. The quantitative estimate of drug-likeness (QED) is 0.396. The van der Waals surface area contributed by atoms with Crippen LogP contribution in [-0.4, -0.2) is 10.9 Å². The Labute approximate surface area is 77.9 Å². The first-order valence-corrected chi connectivity index (χ1v) is 4.62. The third-order valence-electron chi connectivity index (χ3n) is 2.67. The van der Waals surface area contributed by atoms with Gasteiger partial charge >= 0.3 is 0 Å². The number of fused-ring (bicyclic) bond motifs is 1. The van der Waals surface area contributed by atoms with Crippen molar-refractivity contribution in [1.82, 2.24) is 0 Å². The number of hydrogen-bond donors (Lipinski definition) is 1. The Bertz CT molecular complexity index is 355. The van der Waals surface area contributed by atoms with E-state index in [9.17, 15) is 0 Å². The molecule has 0 heterocycles. The molecule has 1 aromatic rings. The summed E-state index contributed by atoms with van der Waals surface area (Å²) in [7, 11) is 0. The van der Waals surface area contributed by atoms with Crippen LogP contribution in [0.25, 0.3) is 0 Å². The maximum atomic E-state index is 8.62. The molecule has 0 atom stereocenters. The highest BCUT2D eigenvalue weighted by atomic mass is 16.4. The van der Waals surface area contributed by atoms with Crippen LogP contribution < -0.4 is 0 Å². The molecule has 1 aliphatic carbocycles. The predicted molar refractivity (Wildman–Crippen MR) is 52.5 cm³/mol. The van der Waals surface area contributed by atoms with Crippen LogP contribution in [0, 0.1) is 0 Å². The van der Waals surface area contributed by atoms with Gasteiger partial charge in [0.1, 0.15) is 0 Å². The summed E-state index contributed by atoms with van der Waals surface area (Å²) in [6, 6.07) is 6.31. The molecule has 0 aliphatic heterocycles. The van der Waals surface area contributed by atoms with E-state index >= 15 is 0 Å². The Balaban J connectivity index is 2.41. The number of benzene rings is 1. The van der Waals surface area contributed by atoms with Gasteiger partial charge in [0.05, 0.1) is 5.71 Å². The maximum absolute atomic E-state index is 8.62. The van der Waals surface area contributed by atoms with Crippen LogP contribution in [-0.2, 0) is 12.8 Å². The lowest BCUT2D eigenvalue weighted by atomic mass is 10.0. The third kappa shape index (κ3) is 1.44. The fraction of sp³-hybridized carbons (Fsp3) is 0.364. The first-order chi connectivity index (χ1) is 6.31. The molecule has 68 valence electrons. The largest absolute Gasteiger partial charge is 0.411 e. The average Bonchev–Trinajstić information content (AvgIpc) is 2.63. The SMILES string of the molecule is C/C(=N/O)c1ccc2c(c1)CCC2. The van der Waals surface area contributed by atoms with E-state index in [2.05, 4.69) is 17.3 Å². The predicted octanol–water partition coefficient (Wildman–Crippen LogP) is 2.37. The van der Waals surface area contributed by atoms with Gasteiger partial charge in [0, 0.05) is 0 Å². The molecule has 0 spiro atoms. The van der Waals surface area contributed by atoms with Crippen molar-refractivity contribution in [2.24, 2.45) is 5.16 Å². The summed E-state index contributed by atoms with van der Waals surface area (Å²) < 4.78 is 0. The van der Waals surface area contributed by atoms with Gasteiger partial charge in [0.25, 0.3) is 0 Å². The van der Waals surface area contributed by atoms with Crippen molar-refractivity contribution in [2.75, 3.05) is 0 Å². The maximum Gasteiger partial charge on any atom is 0.0837 e.